The van der Waals surface area contributed by atoms with E-state index in [0.29, 0.717) is 41.3 Å². The molecule has 4 N–H and O–H groups in total. The maximum atomic E-state index is 13.1. The van der Waals surface area contributed by atoms with E-state index in [1.54, 1.807) is 6.92 Å². The summed E-state index contributed by atoms with van der Waals surface area (Å²) >= 11 is 0. The second-order valence-corrected chi connectivity index (χ2v) is 14.3. The van der Waals surface area contributed by atoms with E-state index in [0.717, 1.165) is 31.3 Å². The highest BCUT2D eigenvalue weighted by Gasteiger charge is 2.66. The van der Waals surface area contributed by atoms with E-state index >= 15 is 0 Å². The molecule has 0 spiro atoms. The summed E-state index contributed by atoms with van der Waals surface area (Å²) in [4.78, 5) is 33.5. The highest BCUT2D eigenvalue weighted by Crippen LogP contribution is 2.72. The average molecular weight is 531 g/mol. The lowest BCUT2D eigenvalue weighted by atomic mass is 9.37. The van der Waals surface area contributed by atoms with Crippen molar-refractivity contribution >= 4 is 18.2 Å². The Morgan fingerprint density at radius 2 is 1.58 bits per heavy atom. The number of carbonyl (C=O) groups is 3. The van der Waals surface area contributed by atoms with E-state index in [1.807, 2.05) is 0 Å². The van der Waals surface area contributed by atoms with Crippen LogP contribution < -0.4 is 11.5 Å². The van der Waals surface area contributed by atoms with E-state index in [2.05, 4.69) is 47.3 Å². The van der Waals surface area contributed by atoms with Crippen LogP contribution in [0.5, 0.6) is 0 Å². The lowest BCUT2D eigenvalue weighted by Gasteiger charge is -2.68. The molecule has 1 amide bonds. The smallest absolute Gasteiger partial charge is 0.302 e. The van der Waals surface area contributed by atoms with Crippen molar-refractivity contribution in [2.24, 2.45) is 57.3 Å². The molecule has 216 valence electrons. The summed E-state index contributed by atoms with van der Waals surface area (Å²) in [7, 11) is 0. The van der Waals surface area contributed by atoms with Crippen LogP contribution in [-0.2, 0) is 19.1 Å². The summed E-state index contributed by atoms with van der Waals surface area (Å²) in [5, 5.41) is 0. The molecule has 5 aliphatic carbocycles. The van der Waals surface area contributed by atoms with Crippen LogP contribution in [-0.4, -0.2) is 29.8 Å². The Morgan fingerprint density at radius 1 is 0.974 bits per heavy atom. The number of primary amides is 1. The number of carbonyl (C=O) groups excluding carboxylic acids is 3. The van der Waals surface area contributed by atoms with Gasteiger partial charge < -0.3 is 16.2 Å². The van der Waals surface area contributed by atoms with E-state index in [-0.39, 0.29) is 48.2 Å². The number of amides is 1. The minimum Gasteiger partial charge on any atom is -0.462 e. The Bertz CT molecular complexity index is 986. The summed E-state index contributed by atoms with van der Waals surface area (Å²) in [5.74, 6) is 2.81. The van der Waals surface area contributed by atoms with Crippen molar-refractivity contribution in [1.29, 1.82) is 0 Å². The van der Waals surface area contributed by atoms with Crippen molar-refractivity contribution in [3.8, 4) is 0 Å². The van der Waals surface area contributed by atoms with Crippen molar-refractivity contribution < 1.29 is 19.1 Å². The largest absolute Gasteiger partial charge is 0.462 e. The van der Waals surface area contributed by atoms with E-state index in [4.69, 9.17) is 15.3 Å². The van der Waals surface area contributed by atoms with Crippen LogP contribution in [0.4, 0.5) is 0 Å². The molecular weight excluding hydrogens is 476 g/mol. The summed E-state index contributed by atoms with van der Waals surface area (Å²) < 4.78 is 5.86. The molecule has 6 heteroatoms. The maximum absolute atomic E-state index is 13.1. The quantitative estimate of drug-likeness (QED) is 0.338. The first-order valence-electron chi connectivity index (χ1n) is 14.6. The number of nitrogens with two attached hydrogens (primary N) is 2. The molecule has 0 aromatic heterocycles. The molecule has 5 rings (SSSR count). The molecule has 0 aromatic rings. The third-order valence-electron chi connectivity index (χ3n) is 11.9. The summed E-state index contributed by atoms with van der Waals surface area (Å²) in [6, 6.07) is 0. The molecule has 4 saturated carbocycles. The summed E-state index contributed by atoms with van der Waals surface area (Å²) in [6.07, 6.45) is 9.93. The van der Waals surface area contributed by atoms with Gasteiger partial charge in [0.2, 0.25) is 6.41 Å². The van der Waals surface area contributed by atoms with Gasteiger partial charge in [0, 0.05) is 24.3 Å². The normalized spacial score (nSPS) is 42.9. The maximum Gasteiger partial charge on any atom is 0.302 e. The van der Waals surface area contributed by atoms with Gasteiger partial charge in [-0.05, 0) is 103 Å². The van der Waals surface area contributed by atoms with Crippen LogP contribution in [0, 0.1) is 45.8 Å². The minimum absolute atomic E-state index is 0. The molecule has 0 aliphatic heterocycles. The monoisotopic (exact) mass is 530 g/mol. The third-order valence-corrected chi connectivity index (χ3v) is 11.9. The Morgan fingerprint density at radius 3 is 2.16 bits per heavy atom. The fourth-order valence-corrected chi connectivity index (χ4v) is 10.7. The Hall–Kier alpha value is -1.69. The van der Waals surface area contributed by atoms with Crippen molar-refractivity contribution in [3.63, 3.8) is 0 Å². The van der Waals surface area contributed by atoms with Crippen molar-refractivity contribution in [2.75, 3.05) is 0 Å². The summed E-state index contributed by atoms with van der Waals surface area (Å²) in [6.45, 7) is 15.8. The van der Waals surface area contributed by atoms with Gasteiger partial charge in [0.25, 0.3) is 0 Å². The zero-order chi connectivity index (χ0) is 27.6. The number of ketones is 1. The van der Waals surface area contributed by atoms with Gasteiger partial charge in [-0.3, -0.25) is 14.4 Å². The van der Waals surface area contributed by atoms with E-state index < -0.39 is 0 Å². The van der Waals surface area contributed by atoms with Crippen molar-refractivity contribution in [1.82, 2.24) is 0 Å². The number of allylic oxidation sites excluding steroid dienone is 1. The van der Waals surface area contributed by atoms with Crippen LogP contribution in [0.3, 0.4) is 0 Å². The van der Waals surface area contributed by atoms with Gasteiger partial charge in [0.05, 0.1) is 0 Å². The number of hydrogen-bond acceptors (Lipinski definition) is 5. The molecule has 5 aliphatic rings. The average Bonchev–Trinajstić information content (AvgIpc) is 3.06. The number of ether oxygens (including phenoxy) is 1. The molecule has 0 radical (unpaired) electrons. The standard InChI is InChI=1S/C30H47NO3.CH3NO.CH4/c1-17(2)25-21(33)16-30(31)15-10-20-19(26(25)30)8-9-23-28(20,6)13-11-22-27(4,5)24(34-18(3)32)12-14-29(22,23)7;2-1-3;/h17,19-20,22-24H,8-16,31H2,1-7H3;1H,(H2,2,3);1H4. The predicted octanol–water partition coefficient (Wildman–Crippen LogP) is 5.96. The summed E-state index contributed by atoms with van der Waals surface area (Å²) in [5.41, 5.74) is 13.8. The number of Topliss-reactive ketones (excluding diaryl/α,β-unsaturated/α-hetero) is 1. The fourth-order valence-electron chi connectivity index (χ4n) is 10.7. The van der Waals surface area contributed by atoms with Crippen LogP contribution in [0.1, 0.15) is 114 Å². The second kappa shape index (κ2) is 10.4. The Labute approximate surface area is 231 Å². The number of rotatable bonds is 2. The van der Waals surface area contributed by atoms with Gasteiger partial charge in [-0.15, -0.1) is 0 Å². The molecular formula is C32H54N2O4. The second-order valence-electron chi connectivity index (χ2n) is 14.3. The van der Waals surface area contributed by atoms with Crippen molar-refractivity contribution in [3.05, 3.63) is 11.1 Å². The highest BCUT2D eigenvalue weighted by molar-refractivity contribution is 6.01. The first-order valence-corrected chi connectivity index (χ1v) is 14.6. The molecule has 0 saturated heterocycles. The van der Waals surface area contributed by atoms with E-state index in [9.17, 15) is 9.59 Å². The zero-order valence-corrected chi connectivity index (χ0v) is 24.2. The first-order chi connectivity index (χ1) is 17.2. The lowest BCUT2D eigenvalue weighted by molar-refractivity contribution is -0.211. The van der Waals surface area contributed by atoms with E-state index in [1.165, 1.54) is 31.3 Å². The van der Waals surface area contributed by atoms with Gasteiger partial charge in [-0.25, -0.2) is 0 Å². The fraction of sp³-hybridized carbons (Fsp3) is 0.844. The molecule has 0 aromatic carbocycles. The predicted molar refractivity (Wildman–Crippen MR) is 152 cm³/mol. The molecule has 0 bridgehead atoms. The lowest BCUT2D eigenvalue weighted by Crippen LogP contribution is -2.63. The minimum atomic E-state index is -0.383. The van der Waals surface area contributed by atoms with Gasteiger partial charge in [-0.1, -0.05) is 49.0 Å². The first kappa shape index (κ1) is 30.8. The number of hydrogen-bond donors (Lipinski definition) is 2. The topological polar surface area (TPSA) is 112 Å². The van der Waals surface area contributed by atoms with Gasteiger partial charge in [-0.2, -0.15) is 0 Å². The van der Waals surface area contributed by atoms with Crippen LogP contribution in [0.25, 0.3) is 0 Å². The highest BCUT2D eigenvalue weighted by atomic mass is 16.5. The molecule has 38 heavy (non-hydrogen) atoms. The number of esters is 1. The molecule has 8 atom stereocenters. The van der Waals surface area contributed by atoms with Crippen LogP contribution >= 0.6 is 0 Å². The Balaban J connectivity index is 0.000000956. The van der Waals surface area contributed by atoms with Gasteiger partial charge in [0.1, 0.15) is 6.10 Å². The SMILES string of the molecule is C.CC(=O)OC1CCC2(C)C(CCC3(C)C4CCC5(N)CC(=O)C(C(C)C)=C5C4CCC32)C1(C)C.NC=O. The molecule has 8 unspecified atom stereocenters. The zero-order valence-electron chi connectivity index (χ0n) is 24.2. The number of fused-ring (bicyclic) bond motifs is 7. The molecule has 6 nitrogen and oxygen atoms in total. The Kier molecular flexibility index (Phi) is 8.42. The van der Waals surface area contributed by atoms with Crippen molar-refractivity contribution in [2.45, 2.75) is 125 Å². The third kappa shape index (κ3) is 4.47. The van der Waals surface area contributed by atoms with Gasteiger partial charge in [0.15, 0.2) is 5.78 Å². The van der Waals surface area contributed by atoms with Gasteiger partial charge >= 0.3 is 5.97 Å². The van der Waals surface area contributed by atoms with Crippen LogP contribution in [0.2, 0.25) is 0 Å². The molecule has 0 heterocycles. The molecule has 4 fully saturated rings. The van der Waals surface area contributed by atoms with Crippen LogP contribution in [0.15, 0.2) is 11.1 Å².